The molecule has 1 aliphatic heterocycles. The fourth-order valence-electron chi connectivity index (χ4n) is 0.749. The molecule has 1 aromatic rings. The van der Waals surface area contributed by atoms with E-state index in [-0.39, 0.29) is 0 Å². The average Bonchev–Trinajstić information content (AvgIpc) is 2.71. The van der Waals surface area contributed by atoms with Gasteiger partial charge in [-0.25, -0.2) is 0 Å². The van der Waals surface area contributed by atoms with Crippen LogP contribution in [0.1, 0.15) is 10.1 Å². The minimum Gasteiger partial charge on any atom is -0.0724 e. The summed E-state index contributed by atoms with van der Waals surface area (Å²) in [5.41, 5.74) is 1.45. The Balaban J connectivity index is 2.29. The molecule has 46 valence electrons. The van der Waals surface area contributed by atoms with Gasteiger partial charge in [0.2, 0.25) is 0 Å². The van der Waals surface area contributed by atoms with Gasteiger partial charge in [0.1, 0.15) is 0 Å². The predicted molar refractivity (Wildman–Crippen MR) is 44.4 cm³/mol. The molecule has 1 aliphatic rings. The van der Waals surface area contributed by atoms with Crippen LogP contribution in [-0.2, 0) is 0 Å². The SMILES string of the molecule is c1ccc(C2SS2)cc1. The smallest absolute Gasteiger partial charge is 0.0724 e. The number of rotatable bonds is 1. The van der Waals surface area contributed by atoms with E-state index in [0.717, 1.165) is 4.58 Å². The van der Waals surface area contributed by atoms with E-state index in [0.29, 0.717) is 0 Å². The third-order valence-corrected chi connectivity index (χ3v) is 3.35. The lowest BCUT2D eigenvalue weighted by Crippen LogP contribution is -1.71. The fraction of sp³-hybridized carbons (Fsp3) is 0.143. The van der Waals surface area contributed by atoms with Crippen LogP contribution in [-0.4, -0.2) is 0 Å². The lowest BCUT2D eigenvalue weighted by atomic mass is 10.2. The minimum absolute atomic E-state index is 0.742. The van der Waals surface area contributed by atoms with E-state index in [1.807, 2.05) is 21.6 Å². The number of hydrogen-bond donors (Lipinski definition) is 0. The Bertz CT molecular complexity index is 191. The largest absolute Gasteiger partial charge is 0.0959 e. The van der Waals surface area contributed by atoms with Crippen LogP contribution in [0.3, 0.4) is 0 Å². The van der Waals surface area contributed by atoms with Crippen LogP contribution in [0, 0.1) is 0 Å². The van der Waals surface area contributed by atoms with Gasteiger partial charge in [0.15, 0.2) is 0 Å². The fourth-order valence-corrected chi connectivity index (χ4v) is 2.17. The second-order valence-corrected chi connectivity index (χ2v) is 4.72. The summed E-state index contributed by atoms with van der Waals surface area (Å²) in [5.74, 6) is 0. The van der Waals surface area contributed by atoms with Crippen molar-refractivity contribution in [2.75, 3.05) is 0 Å². The molecule has 1 saturated heterocycles. The van der Waals surface area contributed by atoms with Gasteiger partial charge in [-0.3, -0.25) is 0 Å². The summed E-state index contributed by atoms with van der Waals surface area (Å²) in [6.45, 7) is 0. The summed E-state index contributed by atoms with van der Waals surface area (Å²) in [4.78, 5) is 0. The molecule has 0 atom stereocenters. The number of benzene rings is 1. The van der Waals surface area contributed by atoms with Crippen LogP contribution < -0.4 is 0 Å². The minimum atomic E-state index is 0.742. The average molecular weight is 154 g/mol. The van der Waals surface area contributed by atoms with Crippen LogP contribution in [0.2, 0.25) is 0 Å². The first-order valence-electron chi connectivity index (χ1n) is 2.84. The van der Waals surface area contributed by atoms with E-state index in [9.17, 15) is 0 Å². The summed E-state index contributed by atoms with van der Waals surface area (Å²) < 4.78 is 0.742. The zero-order chi connectivity index (χ0) is 6.10. The topological polar surface area (TPSA) is 0 Å². The maximum atomic E-state index is 2.18. The molecule has 1 aromatic carbocycles. The highest BCUT2D eigenvalue weighted by Gasteiger charge is 2.25. The molecule has 1 fully saturated rings. The second-order valence-electron chi connectivity index (χ2n) is 1.94. The van der Waals surface area contributed by atoms with Gasteiger partial charge >= 0.3 is 0 Å². The van der Waals surface area contributed by atoms with E-state index in [1.165, 1.54) is 5.56 Å². The first-order chi connectivity index (χ1) is 4.47. The van der Waals surface area contributed by atoms with E-state index < -0.39 is 0 Å². The van der Waals surface area contributed by atoms with Gasteiger partial charge in [-0.05, 0) is 5.56 Å². The molecule has 0 saturated carbocycles. The maximum absolute atomic E-state index is 2.18. The Hall–Kier alpha value is -0.0800. The van der Waals surface area contributed by atoms with Crippen LogP contribution in [0.5, 0.6) is 0 Å². The van der Waals surface area contributed by atoms with Crippen molar-refractivity contribution in [2.24, 2.45) is 0 Å². The molecule has 9 heavy (non-hydrogen) atoms. The van der Waals surface area contributed by atoms with Gasteiger partial charge in [0.25, 0.3) is 0 Å². The van der Waals surface area contributed by atoms with Crippen LogP contribution >= 0.6 is 21.6 Å². The Kier molecular flexibility index (Phi) is 1.44. The molecule has 0 aromatic heterocycles. The highest BCUT2D eigenvalue weighted by molar-refractivity contribution is 8.92. The molecule has 2 heteroatoms. The first kappa shape index (κ1) is 5.69. The molecule has 0 aliphatic carbocycles. The molecular weight excluding hydrogens is 148 g/mol. The van der Waals surface area contributed by atoms with Crippen molar-refractivity contribution >= 4 is 21.6 Å². The molecule has 0 N–H and O–H groups in total. The van der Waals surface area contributed by atoms with Crippen LogP contribution in [0.25, 0.3) is 0 Å². The van der Waals surface area contributed by atoms with Gasteiger partial charge in [0.05, 0.1) is 4.58 Å². The van der Waals surface area contributed by atoms with Gasteiger partial charge in [0, 0.05) is 0 Å². The maximum Gasteiger partial charge on any atom is 0.0959 e. The van der Waals surface area contributed by atoms with Crippen molar-refractivity contribution < 1.29 is 0 Å². The van der Waals surface area contributed by atoms with Crippen molar-refractivity contribution in [1.29, 1.82) is 0 Å². The van der Waals surface area contributed by atoms with Gasteiger partial charge in [-0.15, -0.1) is 0 Å². The van der Waals surface area contributed by atoms with E-state index in [1.54, 1.807) is 0 Å². The van der Waals surface area contributed by atoms with Crippen molar-refractivity contribution in [3.63, 3.8) is 0 Å². The summed E-state index contributed by atoms with van der Waals surface area (Å²) in [7, 11) is 3.88. The zero-order valence-corrected chi connectivity index (χ0v) is 6.41. The third-order valence-electron chi connectivity index (χ3n) is 1.26. The molecule has 0 nitrogen and oxygen atoms in total. The quantitative estimate of drug-likeness (QED) is 0.450. The Morgan fingerprint density at radius 1 is 1.00 bits per heavy atom. The normalized spacial score (nSPS) is 17.8. The highest BCUT2D eigenvalue weighted by atomic mass is 33.2. The molecule has 2 rings (SSSR count). The second kappa shape index (κ2) is 2.27. The van der Waals surface area contributed by atoms with Gasteiger partial charge < -0.3 is 0 Å². The molecule has 0 spiro atoms. The highest BCUT2D eigenvalue weighted by Crippen LogP contribution is 2.65. The number of hydrogen-bond acceptors (Lipinski definition) is 2. The van der Waals surface area contributed by atoms with E-state index >= 15 is 0 Å². The summed E-state index contributed by atoms with van der Waals surface area (Å²) in [6.07, 6.45) is 0. The lowest BCUT2D eigenvalue weighted by Gasteiger charge is -1.89. The molecular formula is C7H6S2. The molecule has 0 radical (unpaired) electrons. The zero-order valence-electron chi connectivity index (χ0n) is 4.78. The van der Waals surface area contributed by atoms with E-state index in [2.05, 4.69) is 30.3 Å². The van der Waals surface area contributed by atoms with Crippen molar-refractivity contribution in [3.05, 3.63) is 35.9 Å². The van der Waals surface area contributed by atoms with Crippen molar-refractivity contribution in [2.45, 2.75) is 4.58 Å². The van der Waals surface area contributed by atoms with Gasteiger partial charge in [-0.2, -0.15) is 0 Å². The lowest BCUT2D eigenvalue weighted by molar-refractivity contribution is 1.42. The van der Waals surface area contributed by atoms with Crippen LogP contribution in [0.4, 0.5) is 0 Å². The summed E-state index contributed by atoms with van der Waals surface area (Å²) in [5, 5.41) is 0. The van der Waals surface area contributed by atoms with Crippen molar-refractivity contribution in [1.82, 2.24) is 0 Å². The van der Waals surface area contributed by atoms with Crippen LogP contribution in [0.15, 0.2) is 30.3 Å². The Morgan fingerprint density at radius 3 is 2.22 bits per heavy atom. The monoisotopic (exact) mass is 154 g/mol. The van der Waals surface area contributed by atoms with Crippen molar-refractivity contribution in [3.8, 4) is 0 Å². The molecule has 0 unspecified atom stereocenters. The predicted octanol–water partition coefficient (Wildman–Crippen LogP) is 3.08. The molecule has 0 amide bonds. The summed E-state index contributed by atoms with van der Waals surface area (Å²) in [6, 6.07) is 10.6. The third kappa shape index (κ3) is 1.25. The Labute approximate surface area is 62.4 Å². The molecule has 1 heterocycles. The van der Waals surface area contributed by atoms with Gasteiger partial charge in [-0.1, -0.05) is 51.9 Å². The summed E-state index contributed by atoms with van der Waals surface area (Å²) >= 11 is 0. The molecule has 0 bridgehead atoms. The standard InChI is InChI=1S/C7H6S2/c1-2-4-6(5-3-1)7-8-9-7/h1-5,7H. The first-order valence-corrected chi connectivity index (χ1v) is 5.11. The Morgan fingerprint density at radius 2 is 1.67 bits per heavy atom. The van der Waals surface area contributed by atoms with E-state index in [4.69, 9.17) is 0 Å².